The van der Waals surface area contributed by atoms with E-state index in [1.807, 2.05) is 0 Å². The monoisotopic (exact) mass is 829 g/mol. The van der Waals surface area contributed by atoms with Gasteiger partial charge in [0.2, 0.25) is 0 Å². The molecule has 0 N–H and O–H groups in total. The smallest absolute Gasteiger partial charge is 0.130 e. The zero-order valence-corrected chi connectivity index (χ0v) is 41.1. The predicted octanol–water partition coefficient (Wildman–Crippen LogP) is 15.2. The van der Waals surface area contributed by atoms with Crippen LogP contribution in [0.3, 0.4) is 0 Å². The minimum Gasteiger partial charge on any atom is -0.493 e. The highest BCUT2D eigenvalue weighted by Crippen LogP contribution is 2.40. The third-order valence-electron chi connectivity index (χ3n) is 14.7. The zero-order chi connectivity index (χ0) is 44.7. The molecule has 0 bridgehead atoms. The molecule has 0 aliphatic carbocycles. The van der Waals surface area contributed by atoms with Crippen LogP contribution in [0.15, 0.2) is 11.6 Å². The van der Waals surface area contributed by atoms with Gasteiger partial charge in [-0.25, -0.2) is 0 Å². The lowest BCUT2D eigenvalue weighted by molar-refractivity contribution is 0.190. The van der Waals surface area contributed by atoms with Gasteiger partial charge < -0.3 is 18.9 Å². The van der Waals surface area contributed by atoms with E-state index in [2.05, 4.69) is 157 Å². The molecule has 332 valence electrons. The third kappa shape index (κ3) is 9.80. The first kappa shape index (κ1) is 49.2. The lowest BCUT2D eigenvalue weighted by atomic mass is 9.87. The number of rotatable bonds is 0. The molecular formula is C57H80O4. The highest BCUT2D eigenvalue weighted by Gasteiger charge is 2.25. The lowest BCUT2D eigenvalue weighted by Crippen LogP contribution is -2.21. The molecule has 4 aromatic rings. The SMILES string of the molecule is C.CC1=Cc2c(C)c(C)c(C)c(C)c2OC1.Cc1c(C)c(C)c2c(c1C)C=CC(C)O2.Cc1c(C)c(C)c2c(c1C)CC(C)CO2.Cc1c(C)c(C)c2c(c1C)CCC(C)O2. The van der Waals surface area contributed by atoms with E-state index in [0.717, 1.165) is 42.6 Å². The van der Waals surface area contributed by atoms with Gasteiger partial charge in [-0.1, -0.05) is 20.4 Å². The van der Waals surface area contributed by atoms with Crippen molar-refractivity contribution in [2.75, 3.05) is 13.2 Å². The maximum absolute atomic E-state index is 5.98. The van der Waals surface area contributed by atoms with Crippen molar-refractivity contribution < 1.29 is 18.9 Å². The molecule has 3 atom stereocenters. The van der Waals surface area contributed by atoms with Gasteiger partial charge in [-0.3, -0.25) is 0 Å². The van der Waals surface area contributed by atoms with E-state index in [-0.39, 0.29) is 13.5 Å². The molecule has 4 heterocycles. The van der Waals surface area contributed by atoms with Crippen molar-refractivity contribution >= 4 is 12.2 Å². The number of fused-ring (bicyclic) bond motifs is 4. The molecule has 4 nitrogen and oxygen atoms in total. The molecule has 4 aromatic carbocycles. The van der Waals surface area contributed by atoms with Crippen LogP contribution in [-0.2, 0) is 12.8 Å². The Labute approximate surface area is 372 Å². The third-order valence-corrected chi connectivity index (χ3v) is 14.7. The van der Waals surface area contributed by atoms with Crippen molar-refractivity contribution in [2.45, 2.75) is 177 Å². The molecule has 4 aliphatic rings. The van der Waals surface area contributed by atoms with Crippen molar-refractivity contribution in [3.8, 4) is 23.0 Å². The van der Waals surface area contributed by atoms with Crippen LogP contribution in [-0.4, -0.2) is 25.4 Å². The Kier molecular flexibility index (Phi) is 15.9. The summed E-state index contributed by atoms with van der Waals surface area (Å²) in [5.74, 6) is 5.13. The number of ether oxygens (including phenoxy) is 4. The van der Waals surface area contributed by atoms with E-state index in [4.69, 9.17) is 18.9 Å². The van der Waals surface area contributed by atoms with Crippen LogP contribution in [0.1, 0.15) is 153 Å². The van der Waals surface area contributed by atoms with E-state index in [1.54, 1.807) is 0 Å². The van der Waals surface area contributed by atoms with Gasteiger partial charge in [-0.15, -0.1) is 0 Å². The Balaban J connectivity index is 0.000000178. The zero-order valence-electron chi connectivity index (χ0n) is 41.1. The Morgan fingerprint density at radius 1 is 0.443 bits per heavy atom. The summed E-state index contributed by atoms with van der Waals surface area (Å²) in [4.78, 5) is 0. The minimum atomic E-state index is 0. The molecule has 0 spiro atoms. The molecule has 0 fully saturated rings. The van der Waals surface area contributed by atoms with Gasteiger partial charge in [0.15, 0.2) is 0 Å². The van der Waals surface area contributed by atoms with Crippen molar-refractivity contribution in [3.63, 3.8) is 0 Å². The van der Waals surface area contributed by atoms with E-state index in [9.17, 15) is 0 Å². The van der Waals surface area contributed by atoms with Gasteiger partial charge in [0.1, 0.15) is 35.7 Å². The van der Waals surface area contributed by atoms with Gasteiger partial charge in [-0.2, -0.15) is 0 Å². The molecule has 0 saturated carbocycles. The highest BCUT2D eigenvalue weighted by molar-refractivity contribution is 5.71. The topological polar surface area (TPSA) is 36.9 Å². The van der Waals surface area contributed by atoms with Crippen molar-refractivity contribution in [1.82, 2.24) is 0 Å². The normalized spacial score (nSPS) is 17.8. The van der Waals surface area contributed by atoms with Crippen LogP contribution < -0.4 is 18.9 Å². The van der Waals surface area contributed by atoms with E-state index < -0.39 is 0 Å². The van der Waals surface area contributed by atoms with E-state index in [0.29, 0.717) is 12.0 Å². The molecule has 0 amide bonds. The van der Waals surface area contributed by atoms with Crippen LogP contribution in [0.25, 0.3) is 12.2 Å². The Bertz CT molecular complexity index is 2290. The molecule has 8 rings (SSSR count). The summed E-state index contributed by atoms with van der Waals surface area (Å²) >= 11 is 0. The van der Waals surface area contributed by atoms with Crippen molar-refractivity contribution in [1.29, 1.82) is 0 Å². The molecular weight excluding hydrogens is 749 g/mol. The quantitative estimate of drug-likeness (QED) is 0.177. The van der Waals surface area contributed by atoms with Crippen LogP contribution in [0.4, 0.5) is 0 Å². The highest BCUT2D eigenvalue weighted by atomic mass is 16.5. The van der Waals surface area contributed by atoms with Gasteiger partial charge in [0.25, 0.3) is 0 Å². The van der Waals surface area contributed by atoms with E-state index in [1.165, 1.54) is 130 Å². The van der Waals surface area contributed by atoms with Crippen LogP contribution in [0.5, 0.6) is 23.0 Å². The minimum absolute atomic E-state index is 0. The molecule has 61 heavy (non-hydrogen) atoms. The maximum atomic E-state index is 5.98. The summed E-state index contributed by atoms with van der Waals surface area (Å²) in [6.07, 6.45) is 10.6. The van der Waals surface area contributed by atoms with Gasteiger partial charge in [0.05, 0.1) is 12.7 Å². The average Bonchev–Trinajstić information content (AvgIpc) is 3.23. The number of hydrogen-bond donors (Lipinski definition) is 0. The summed E-state index contributed by atoms with van der Waals surface area (Å²) in [7, 11) is 0. The molecule has 4 heteroatoms. The average molecular weight is 829 g/mol. The number of benzene rings is 4. The summed E-state index contributed by atoms with van der Waals surface area (Å²) in [6.45, 7) is 45.2. The van der Waals surface area contributed by atoms with Crippen LogP contribution >= 0.6 is 0 Å². The van der Waals surface area contributed by atoms with Gasteiger partial charge in [-0.05, 0) is 275 Å². The molecule has 4 aliphatic heterocycles. The summed E-state index contributed by atoms with van der Waals surface area (Å²) < 4.78 is 23.6. The lowest BCUT2D eigenvalue weighted by Gasteiger charge is -2.28. The molecule has 3 unspecified atom stereocenters. The predicted molar refractivity (Wildman–Crippen MR) is 263 cm³/mol. The molecule has 0 radical (unpaired) electrons. The Morgan fingerprint density at radius 3 is 1.48 bits per heavy atom. The van der Waals surface area contributed by atoms with Gasteiger partial charge in [0, 0.05) is 11.1 Å². The second-order valence-electron chi connectivity index (χ2n) is 18.6. The first-order valence-corrected chi connectivity index (χ1v) is 22.4. The fraction of sp³-hybridized carbons (Fsp3) is 0.509. The fourth-order valence-corrected chi connectivity index (χ4v) is 9.11. The van der Waals surface area contributed by atoms with Crippen LogP contribution in [0.2, 0.25) is 0 Å². The second-order valence-corrected chi connectivity index (χ2v) is 18.6. The fourth-order valence-electron chi connectivity index (χ4n) is 9.11. The Morgan fingerprint density at radius 2 is 0.902 bits per heavy atom. The van der Waals surface area contributed by atoms with Crippen LogP contribution in [0, 0.1) is 117 Å². The largest absolute Gasteiger partial charge is 0.493 e. The maximum Gasteiger partial charge on any atom is 0.130 e. The Hall–Kier alpha value is -4.44. The molecule has 0 saturated heterocycles. The summed E-state index contributed by atoms with van der Waals surface area (Å²) in [5.41, 5.74) is 28.6. The first-order chi connectivity index (χ1) is 28.1. The second kappa shape index (κ2) is 19.7. The van der Waals surface area contributed by atoms with E-state index >= 15 is 0 Å². The van der Waals surface area contributed by atoms with Gasteiger partial charge >= 0.3 is 0 Å². The van der Waals surface area contributed by atoms with Crippen molar-refractivity contribution in [3.05, 3.63) is 123 Å². The first-order valence-electron chi connectivity index (χ1n) is 22.4. The number of hydrogen-bond acceptors (Lipinski definition) is 4. The standard InChI is InChI=1S/C14H20O.C14H18O.C14H20O.C14H18O.CH4/c2*1-8-6-13-11(4)9(2)10(3)12(5)14(13)15-7-8;2*1-8-6-7-13-11(4)9(2)10(3)12(5)14(13)15-8;/h8H,6-7H2,1-5H3;6H,7H2,1-5H3;8H,6-7H2,1-5H3;6-8H,1-5H3;1H4. The summed E-state index contributed by atoms with van der Waals surface area (Å²) in [6, 6.07) is 0. The summed E-state index contributed by atoms with van der Waals surface area (Å²) in [5, 5.41) is 0. The molecule has 0 aromatic heterocycles. The van der Waals surface area contributed by atoms with Crippen molar-refractivity contribution in [2.24, 2.45) is 5.92 Å².